The van der Waals surface area contributed by atoms with Gasteiger partial charge in [0.25, 0.3) is 5.91 Å². The fourth-order valence-corrected chi connectivity index (χ4v) is 4.33. The average molecular weight is 487 g/mol. The number of carbonyl (C=O) groups is 1. The normalized spacial score (nSPS) is 12.8. The predicted molar refractivity (Wildman–Crippen MR) is 131 cm³/mol. The second-order valence-corrected chi connectivity index (χ2v) is 8.86. The number of aryl methyl sites for hydroxylation is 1. The summed E-state index contributed by atoms with van der Waals surface area (Å²) in [6.45, 7) is 4.30. The summed E-state index contributed by atoms with van der Waals surface area (Å²) in [7, 11) is 0. The van der Waals surface area contributed by atoms with Gasteiger partial charge >= 0.3 is 0 Å². The van der Waals surface area contributed by atoms with Gasteiger partial charge in [0, 0.05) is 18.8 Å². The third-order valence-electron chi connectivity index (χ3n) is 5.23. The van der Waals surface area contributed by atoms with Crippen molar-refractivity contribution in [2.45, 2.75) is 64.5 Å². The Balaban J connectivity index is 1.52. The van der Waals surface area contributed by atoms with Gasteiger partial charge in [-0.3, -0.25) is 10.1 Å². The molecule has 34 heavy (non-hydrogen) atoms. The van der Waals surface area contributed by atoms with E-state index in [-0.39, 0.29) is 17.8 Å². The summed E-state index contributed by atoms with van der Waals surface area (Å²) in [5, 5.41) is 23.6. The van der Waals surface area contributed by atoms with Gasteiger partial charge in [0.05, 0.1) is 5.69 Å². The SMILES string of the molecule is CCCC(CCCCc1cccnn1)Nc1nnc(NC(=O)C(OCC)c2ccc(F)cc2)s1. The summed E-state index contributed by atoms with van der Waals surface area (Å²) in [6.07, 6.45) is 6.92. The molecular formula is C24H31FN6O2S. The monoisotopic (exact) mass is 486 g/mol. The van der Waals surface area contributed by atoms with Crippen LogP contribution in [0.1, 0.15) is 63.3 Å². The van der Waals surface area contributed by atoms with Gasteiger partial charge in [0.2, 0.25) is 10.3 Å². The Morgan fingerprint density at radius 2 is 1.85 bits per heavy atom. The van der Waals surface area contributed by atoms with Crippen molar-refractivity contribution in [1.82, 2.24) is 20.4 Å². The third kappa shape index (κ3) is 8.11. The number of ether oxygens (including phenoxy) is 1. The van der Waals surface area contributed by atoms with Gasteiger partial charge in [-0.2, -0.15) is 10.2 Å². The van der Waals surface area contributed by atoms with E-state index in [9.17, 15) is 9.18 Å². The molecule has 3 aromatic rings. The van der Waals surface area contributed by atoms with Gasteiger partial charge in [-0.1, -0.05) is 43.2 Å². The smallest absolute Gasteiger partial charge is 0.259 e. The van der Waals surface area contributed by atoms with Gasteiger partial charge in [-0.15, -0.1) is 10.2 Å². The first-order valence-electron chi connectivity index (χ1n) is 11.6. The molecule has 2 aromatic heterocycles. The third-order valence-corrected chi connectivity index (χ3v) is 6.00. The fraction of sp³-hybridized carbons (Fsp3) is 0.458. The number of amides is 1. The molecule has 0 aliphatic heterocycles. The van der Waals surface area contributed by atoms with E-state index >= 15 is 0 Å². The summed E-state index contributed by atoms with van der Waals surface area (Å²) in [5.74, 6) is -0.736. The molecule has 1 aromatic carbocycles. The van der Waals surface area contributed by atoms with E-state index in [4.69, 9.17) is 4.74 Å². The number of carbonyl (C=O) groups excluding carboxylic acids is 1. The van der Waals surface area contributed by atoms with Crippen LogP contribution in [-0.2, 0) is 16.0 Å². The molecule has 0 bridgehead atoms. The molecule has 2 heterocycles. The second kappa shape index (κ2) is 13.7. The van der Waals surface area contributed by atoms with Crippen LogP contribution in [0, 0.1) is 5.82 Å². The van der Waals surface area contributed by atoms with Crippen molar-refractivity contribution in [2.75, 3.05) is 17.2 Å². The van der Waals surface area contributed by atoms with Crippen LogP contribution >= 0.6 is 11.3 Å². The molecule has 0 aliphatic rings. The molecule has 182 valence electrons. The van der Waals surface area contributed by atoms with Crippen molar-refractivity contribution in [2.24, 2.45) is 0 Å². The molecule has 8 nitrogen and oxygen atoms in total. The Morgan fingerprint density at radius 3 is 2.56 bits per heavy atom. The van der Waals surface area contributed by atoms with Crippen LogP contribution in [0.4, 0.5) is 14.7 Å². The Hall–Kier alpha value is -2.98. The number of nitrogens with zero attached hydrogens (tertiary/aromatic N) is 4. The van der Waals surface area contributed by atoms with Gasteiger partial charge in [-0.25, -0.2) is 4.39 Å². The van der Waals surface area contributed by atoms with Crippen molar-refractivity contribution >= 4 is 27.5 Å². The van der Waals surface area contributed by atoms with E-state index in [0.29, 0.717) is 22.4 Å². The van der Waals surface area contributed by atoms with Crippen molar-refractivity contribution in [3.63, 3.8) is 0 Å². The maximum atomic E-state index is 13.3. The molecule has 0 aliphatic carbocycles. The molecule has 0 saturated heterocycles. The largest absolute Gasteiger partial charge is 0.364 e. The number of unbranched alkanes of at least 4 members (excludes halogenated alkanes) is 1. The molecular weight excluding hydrogens is 455 g/mol. The number of hydrogen-bond donors (Lipinski definition) is 2. The van der Waals surface area contributed by atoms with Crippen molar-refractivity contribution < 1.29 is 13.9 Å². The van der Waals surface area contributed by atoms with Crippen molar-refractivity contribution in [3.05, 3.63) is 59.7 Å². The lowest BCUT2D eigenvalue weighted by molar-refractivity contribution is -0.127. The summed E-state index contributed by atoms with van der Waals surface area (Å²) < 4.78 is 18.8. The number of aromatic nitrogens is 4. The predicted octanol–water partition coefficient (Wildman–Crippen LogP) is 5.18. The number of halogens is 1. The van der Waals surface area contributed by atoms with E-state index in [0.717, 1.165) is 44.2 Å². The second-order valence-electron chi connectivity index (χ2n) is 7.88. The first-order chi connectivity index (χ1) is 16.6. The lowest BCUT2D eigenvalue weighted by Gasteiger charge is -2.17. The summed E-state index contributed by atoms with van der Waals surface area (Å²) >= 11 is 1.29. The van der Waals surface area contributed by atoms with E-state index in [1.807, 2.05) is 12.1 Å². The summed E-state index contributed by atoms with van der Waals surface area (Å²) in [6, 6.07) is 9.89. The Kier molecular flexibility index (Phi) is 10.3. The fourth-order valence-electron chi connectivity index (χ4n) is 3.61. The molecule has 1 amide bonds. The minimum atomic E-state index is -0.854. The van der Waals surface area contributed by atoms with E-state index in [1.54, 1.807) is 25.3 Å². The number of hydrogen-bond acceptors (Lipinski definition) is 8. The molecule has 2 atom stereocenters. The zero-order valence-electron chi connectivity index (χ0n) is 19.5. The number of nitrogens with one attached hydrogen (secondary N) is 2. The summed E-state index contributed by atoms with van der Waals surface area (Å²) in [4.78, 5) is 12.8. The lowest BCUT2D eigenvalue weighted by Crippen LogP contribution is -2.23. The molecule has 0 fully saturated rings. The molecule has 2 unspecified atom stereocenters. The maximum Gasteiger partial charge on any atom is 0.259 e. The van der Waals surface area contributed by atoms with Gasteiger partial charge in [-0.05, 0) is 62.4 Å². The van der Waals surface area contributed by atoms with Crippen LogP contribution in [0.25, 0.3) is 0 Å². The number of benzene rings is 1. The molecule has 2 N–H and O–H groups in total. The average Bonchev–Trinajstić information content (AvgIpc) is 3.28. The maximum absolute atomic E-state index is 13.3. The lowest BCUT2D eigenvalue weighted by atomic mass is 10.0. The number of anilines is 2. The highest BCUT2D eigenvalue weighted by Gasteiger charge is 2.23. The molecule has 3 rings (SSSR count). The standard InChI is InChI=1S/C24H31FN6O2S/c1-3-8-19(9-5-6-10-20-11-7-16-26-29-20)27-23-30-31-24(34-23)28-22(32)21(33-4-2)17-12-14-18(25)15-13-17/h7,11-16,19,21H,3-6,8-10H2,1-2H3,(H,27,30)(H,28,31,32). The highest BCUT2D eigenvalue weighted by molar-refractivity contribution is 7.19. The van der Waals surface area contributed by atoms with Crippen LogP contribution in [0.3, 0.4) is 0 Å². The first-order valence-corrected chi connectivity index (χ1v) is 12.4. The van der Waals surface area contributed by atoms with Gasteiger partial charge in [0.1, 0.15) is 5.82 Å². The Labute approximate surface area is 203 Å². The van der Waals surface area contributed by atoms with Crippen LogP contribution in [-0.4, -0.2) is 39.0 Å². The molecule has 0 spiro atoms. The minimum absolute atomic E-state index is 0.277. The zero-order chi connectivity index (χ0) is 24.2. The van der Waals surface area contributed by atoms with E-state index in [2.05, 4.69) is 38.0 Å². The van der Waals surface area contributed by atoms with E-state index in [1.165, 1.54) is 23.5 Å². The van der Waals surface area contributed by atoms with Crippen molar-refractivity contribution in [1.29, 1.82) is 0 Å². The zero-order valence-corrected chi connectivity index (χ0v) is 20.4. The van der Waals surface area contributed by atoms with Crippen LogP contribution < -0.4 is 10.6 Å². The van der Waals surface area contributed by atoms with Crippen LogP contribution in [0.15, 0.2) is 42.6 Å². The van der Waals surface area contributed by atoms with Gasteiger partial charge < -0.3 is 10.1 Å². The summed E-state index contributed by atoms with van der Waals surface area (Å²) in [5.41, 5.74) is 1.59. The number of rotatable bonds is 14. The Bertz CT molecular complexity index is 1000. The van der Waals surface area contributed by atoms with Crippen LogP contribution in [0.5, 0.6) is 0 Å². The highest BCUT2D eigenvalue weighted by Crippen LogP contribution is 2.25. The minimum Gasteiger partial charge on any atom is -0.364 e. The highest BCUT2D eigenvalue weighted by atomic mass is 32.1. The van der Waals surface area contributed by atoms with Gasteiger partial charge in [0.15, 0.2) is 6.10 Å². The molecule has 10 heteroatoms. The first kappa shape index (κ1) is 25.6. The van der Waals surface area contributed by atoms with Crippen molar-refractivity contribution in [3.8, 4) is 0 Å². The van der Waals surface area contributed by atoms with E-state index < -0.39 is 6.10 Å². The molecule has 0 saturated carbocycles. The quantitative estimate of drug-likeness (QED) is 0.303. The molecule has 0 radical (unpaired) electrons. The Morgan fingerprint density at radius 1 is 1.06 bits per heavy atom. The van der Waals surface area contributed by atoms with Crippen LogP contribution in [0.2, 0.25) is 0 Å². The topological polar surface area (TPSA) is 102 Å².